The summed E-state index contributed by atoms with van der Waals surface area (Å²) in [6.45, 7) is 0. The summed E-state index contributed by atoms with van der Waals surface area (Å²) in [4.78, 5) is 34.6. The van der Waals surface area contributed by atoms with Gasteiger partial charge in [0.05, 0.1) is 0 Å². The number of ketones is 1. The summed E-state index contributed by atoms with van der Waals surface area (Å²) in [7, 11) is 0. The number of carbonyl (C=O) groups is 3. The van der Waals surface area contributed by atoms with Crippen LogP contribution in [-0.4, -0.2) is 84.7 Å². The number of halogens is 2. The molecule has 0 amide bonds. The fourth-order valence-electron chi connectivity index (χ4n) is 1.67. The third-order valence-electron chi connectivity index (χ3n) is 2.84. The molecule has 2 aromatic rings. The van der Waals surface area contributed by atoms with Gasteiger partial charge in [-0.05, 0) is 24.3 Å². The van der Waals surface area contributed by atoms with Crippen molar-refractivity contribution in [3.05, 3.63) is 60.7 Å². The first kappa shape index (κ1) is 24.8. The fraction of sp³-hybridized carbons (Fsp3) is 0.118. The van der Waals surface area contributed by atoms with E-state index < -0.39 is 30.1 Å². The molecule has 0 aromatic heterocycles. The van der Waals surface area contributed by atoms with Crippen molar-refractivity contribution in [1.29, 1.82) is 0 Å². The van der Waals surface area contributed by atoms with Crippen molar-refractivity contribution in [1.82, 2.24) is 0 Å². The number of rotatable bonds is 6. The van der Waals surface area contributed by atoms with Crippen molar-refractivity contribution in [2.45, 2.75) is 12.3 Å². The van der Waals surface area contributed by atoms with Crippen molar-refractivity contribution < 1.29 is 32.6 Å². The van der Waals surface area contributed by atoms with Gasteiger partial charge in [-0.3, -0.25) is 4.79 Å². The zero-order valence-corrected chi connectivity index (χ0v) is 24.6. The van der Waals surface area contributed by atoms with Crippen LogP contribution >= 0.6 is 0 Å². The number of para-hydroxylation sites is 2. The molecule has 0 fully saturated rings. The van der Waals surface area contributed by atoms with Crippen LogP contribution in [0.25, 0.3) is 0 Å². The van der Waals surface area contributed by atoms with Crippen LogP contribution in [0.1, 0.15) is 0 Å². The predicted octanol–water partition coefficient (Wildman–Crippen LogP) is 0.610. The second kappa shape index (κ2) is 12.2. The Balaban J connectivity index is 0.00000312. The molecule has 0 spiro atoms. The molecule has 0 saturated heterocycles. The van der Waals surface area contributed by atoms with Crippen molar-refractivity contribution in [3.8, 4) is 11.5 Å². The van der Waals surface area contributed by atoms with Crippen molar-refractivity contribution in [3.63, 3.8) is 0 Å². The second-order valence-corrected chi connectivity index (χ2v) is 4.60. The number of carbonyl (C=O) groups excluding carboxylic acids is 3. The first-order valence-corrected chi connectivity index (χ1v) is 6.84. The predicted molar refractivity (Wildman–Crippen MR) is 96.0 cm³/mol. The average Bonchev–Trinajstić information content (AvgIpc) is 2.61. The van der Waals surface area contributed by atoms with E-state index in [1.165, 1.54) is 48.5 Å². The first-order chi connectivity index (χ1) is 11.5. The molecule has 136 valence electrons. The summed E-state index contributed by atoms with van der Waals surface area (Å²) >= 11 is 0. The summed E-state index contributed by atoms with van der Waals surface area (Å²) in [6.07, 6.45) is -5.88. The quantitative estimate of drug-likeness (QED) is 0.188. The Kier molecular flexibility index (Phi) is 11.6. The Morgan fingerprint density at radius 2 is 0.962 bits per heavy atom. The fourth-order valence-corrected chi connectivity index (χ4v) is 1.67. The van der Waals surface area contributed by atoms with E-state index in [1.807, 2.05) is 0 Å². The van der Waals surface area contributed by atoms with Crippen LogP contribution in [-0.2, 0) is 14.4 Å². The van der Waals surface area contributed by atoms with E-state index in [0.29, 0.717) is 0 Å². The molecule has 0 bridgehead atoms. The molecule has 0 aliphatic rings. The summed E-state index contributed by atoms with van der Waals surface area (Å²) in [5, 5.41) is 0. The average molecular weight is 753 g/mol. The van der Waals surface area contributed by atoms with Crippen molar-refractivity contribution in [2.24, 2.45) is 0 Å². The number of hydrogen-bond donors (Lipinski definition) is 0. The molecular weight excluding hydrogens is 737 g/mol. The number of ether oxygens (including phenoxy) is 2. The minimum atomic E-state index is -2.94. The van der Waals surface area contributed by atoms with Crippen LogP contribution in [0.4, 0.5) is 8.78 Å². The van der Waals surface area contributed by atoms with Gasteiger partial charge in [0.25, 0.3) is 12.3 Å². The van der Waals surface area contributed by atoms with E-state index in [1.54, 1.807) is 12.1 Å². The van der Waals surface area contributed by atoms with E-state index in [-0.39, 0.29) is 66.1 Å². The molecule has 0 saturated carbocycles. The maximum absolute atomic E-state index is 13.8. The maximum atomic E-state index is 13.8. The minimum absolute atomic E-state index is 0. The normalized spacial score (nSPS) is 11.8. The monoisotopic (exact) mass is 754 g/mol. The van der Waals surface area contributed by atoms with E-state index in [2.05, 4.69) is 9.47 Å². The number of esters is 2. The van der Waals surface area contributed by atoms with Gasteiger partial charge in [-0.1, -0.05) is 36.4 Å². The van der Waals surface area contributed by atoms with Crippen LogP contribution in [0, 0.1) is 0 Å². The topological polar surface area (TPSA) is 69.7 Å². The molecule has 2 atom stereocenters. The first-order valence-electron chi connectivity index (χ1n) is 6.84. The zero-order valence-electron chi connectivity index (χ0n) is 13.6. The van der Waals surface area contributed by atoms with Gasteiger partial charge in [-0.2, -0.15) is 0 Å². The van der Waals surface area contributed by atoms with Gasteiger partial charge >= 0.3 is 66.5 Å². The Hall–Kier alpha value is -1.25. The number of benzene rings is 2. The standard InChI is InChI=1S/C17H12F2O5.2Pb.4H/c18-13(16(21)23-11-7-3-1-4-8-11)15(20)14(19)17(22)24-12-9-5-2-6-10-12;;;;;;/h1-10,13-14H;;;;;;. The molecule has 0 aliphatic heterocycles. The van der Waals surface area contributed by atoms with Gasteiger partial charge in [0, 0.05) is 0 Å². The van der Waals surface area contributed by atoms with Crippen molar-refractivity contribution in [2.75, 3.05) is 0 Å². The van der Waals surface area contributed by atoms with Gasteiger partial charge in [-0.15, -0.1) is 0 Å². The van der Waals surface area contributed by atoms with Crippen LogP contribution in [0.5, 0.6) is 11.5 Å². The SMILES string of the molecule is O=C(Oc1ccccc1)C(F)C(=O)C(F)C(=O)Oc1ccccc1.[PbH2].[PbH2]. The molecule has 0 aliphatic carbocycles. The third kappa shape index (κ3) is 7.17. The molecule has 26 heavy (non-hydrogen) atoms. The molecule has 0 heterocycles. The number of alkyl halides is 2. The zero-order chi connectivity index (χ0) is 17.5. The molecule has 9 heteroatoms. The number of hydrogen-bond acceptors (Lipinski definition) is 5. The molecule has 2 unspecified atom stereocenters. The number of Topliss-reactive ketones (excluding diaryl/α,β-unsaturated/α-hetero) is 1. The van der Waals surface area contributed by atoms with Gasteiger partial charge in [0.15, 0.2) is 0 Å². The summed E-state index contributed by atoms with van der Waals surface area (Å²) < 4.78 is 36.7. The third-order valence-corrected chi connectivity index (χ3v) is 2.84. The van der Waals surface area contributed by atoms with Crippen molar-refractivity contribution >= 4 is 72.3 Å². The Morgan fingerprint density at radius 1 is 0.654 bits per heavy atom. The van der Waals surface area contributed by atoms with E-state index in [9.17, 15) is 23.2 Å². The Morgan fingerprint density at radius 3 is 1.27 bits per heavy atom. The van der Waals surface area contributed by atoms with Gasteiger partial charge < -0.3 is 9.47 Å². The van der Waals surface area contributed by atoms with Gasteiger partial charge in [0.1, 0.15) is 11.5 Å². The van der Waals surface area contributed by atoms with E-state index in [0.717, 1.165) is 0 Å². The van der Waals surface area contributed by atoms with E-state index >= 15 is 0 Å². The summed E-state index contributed by atoms with van der Waals surface area (Å²) in [5.41, 5.74) is 0. The Labute approximate surface area is 188 Å². The molecule has 0 N–H and O–H groups in total. The van der Waals surface area contributed by atoms with Gasteiger partial charge in [0.2, 0.25) is 5.78 Å². The Bertz CT molecular complexity index is 667. The summed E-state index contributed by atoms with van der Waals surface area (Å²) in [6, 6.07) is 14.8. The summed E-state index contributed by atoms with van der Waals surface area (Å²) in [5.74, 6) is -5.12. The van der Waals surface area contributed by atoms with Gasteiger partial charge in [-0.25, -0.2) is 18.4 Å². The van der Waals surface area contributed by atoms with E-state index in [4.69, 9.17) is 0 Å². The molecular formula is C17H16F2O5Pb2. The molecule has 5 nitrogen and oxygen atoms in total. The molecule has 2 rings (SSSR count). The van der Waals surface area contributed by atoms with Crippen LogP contribution in [0.15, 0.2) is 60.7 Å². The second-order valence-electron chi connectivity index (χ2n) is 4.60. The van der Waals surface area contributed by atoms with Crippen LogP contribution in [0.3, 0.4) is 0 Å². The molecule has 4 radical (unpaired) electrons. The molecule has 2 aromatic carbocycles. The van der Waals surface area contributed by atoms with Crippen LogP contribution < -0.4 is 9.47 Å². The van der Waals surface area contributed by atoms with Crippen LogP contribution in [0.2, 0.25) is 0 Å².